The monoisotopic (exact) mass is 152 g/mol. The van der Waals surface area contributed by atoms with Gasteiger partial charge in [-0.1, -0.05) is 6.08 Å². The molecule has 0 spiro atoms. The van der Waals surface area contributed by atoms with E-state index in [0.29, 0.717) is 5.88 Å². The van der Waals surface area contributed by atoms with Crippen molar-refractivity contribution >= 4 is 18.9 Å². The van der Waals surface area contributed by atoms with Crippen LogP contribution in [0.4, 0.5) is 0 Å². The van der Waals surface area contributed by atoms with E-state index in [4.69, 9.17) is 21.6 Å². The second-order valence-electron chi connectivity index (χ2n) is 1.00. The predicted molar refractivity (Wildman–Crippen MR) is 38.1 cm³/mol. The summed E-state index contributed by atoms with van der Waals surface area (Å²) in [6.45, 7) is 3.35. The van der Waals surface area contributed by atoms with Crippen molar-refractivity contribution in [1.29, 1.82) is 0 Å². The summed E-state index contributed by atoms with van der Waals surface area (Å²) in [5, 5.41) is 15.4. The summed E-state index contributed by atoms with van der Waals surface area (Å²) in [5.74, 6) is 0.556. The van der Waals surface area contributed by atoms with Crippen molar-refractivity contribution in [1.82, 2.24) is 0 Å². The quantitative estimate of drug-likeness (QED) is 0.333. The van der Waals surface area contributed by atoms with Gasteiger partial charge in [-0.15, -0.1) is 18.2 Å². The smallest absolute Gasteiger partial charge is 0.402 e. The van der Waals surface area contributed by atoms with Gasteiger partial charge < -0.3 is 14.7 Å². The average Bonchev–Trinajstić information content (AvgIpc) is 1.89. The Morgan fingerprint density at radius 2 is 2.00 bits per heavy atom. The Bertz CT molecular complexity index is 59.8. The lowest BCUT2D eigenvalue weighted by Crippen LogP contribution is -2.12. The van der Waals surface area contributed by atoms with Crippen LogP contribution in [0.25, 0.3) is 0 Å². The van der Waals surface area contributed by atoms with Gasteiger partial charge in [-0.25, -0.2) is 0 Å². The van der Waals surface area contributed by atoms with Crippen molar-refractivity contribution in [2.75, 3.05) is 13.0 Å². The third-order valence-electron chi connectivity index (χ3n) is 0.320. The van der Waals surface area contributed by atoms with Crippen molar-refractivity contribution in [3.63, 3.8) is 0 Å². The molecular weight excluding hydrogens is 142 g/mol. The third-order valence-corrected chi connectivity index (χ3v) is 0.538. The van der Waals surface area contributed by atoms with Crippen molar-refractivity contribution < 1.29 is 14.7 Å². The van der Waals surface area contributed by atoms with Crippen LogP contribution in [0, 0.1) is 0 Å². The van der Waals surface area contributed by atoms with E-state index >= 15 is 0 Å². The van der Waals surface area contributed by atoms with Gasteiger partial charge in [-0.05, 0) is 0 Å². The molecule has 0 radical (unpaired) electrons. The van der Waals surface area contributed by atoms with E-state index < -0.39 is 7.32 Å². The number of allylic oxidation sites excluding steroid dienone is 1. The molecule has 0 fully saturated rings. The van der Waals surface area contributed by atoms with E-state index in [9.17, 15) is 0 Å². The first-order chi connectivity index (χ1) is 4.18. The molecule has 3 nitrogen and oxygen atoms in total. The van der Waals surface area contributed by atoms with Gasteiger partial charge in [0, 0.05) is 13.0 Å². The third kappa shape index (κ3) is 32.2. The Morgan fingerprint density at radius 1 is 1.78 bits per heavy atom. The fourth-order valence-electron chi connectivity index (χ4n) is 0. The molecule has 54 valence electrons. The van der Waals surface area contributed by atoms with Gasteiger partial charge in [0.05, 0.1) is 0 Å². The Balaban J connectivity index is 0. The Hall–Kier alpha value is -0.0251. The standard InChI is InChI=1S/C3H5Cl.CH5BO3/c1-2-3-4;1-5-2(3)4/h2H,1,3H2;3-4H,1H3. The normalized spacial score (nSPS) is 7.11. The second-order valence-corrected chi connectivity index (χ2v) is 1.31. The molecule has 0 amide bonds. The molecule has 0 saturated heterocycles. The van der Waals surface area contributed by atoms with Crippen LogP contribution in [0.3, 0.4) is 0 Å². The lowest BCUT2D eigenvalue weighted by atomic mass is 10.3. The van der Waals surface area contributed by atoms with Crippen LogP contribution >= 0.6 is 11.6 Å². The molecule has 0 atom stereocenters. The largest absolute Gasteiger partial charge is 0.633 e. The van der Waals surface area contributed by atoms with Crippen molar-refractivity contribution in [3.8, 4) is 0 Å². The number of hydrogen-bond acceptors (Lipinski definition) is 3. The minimum Gasteiger partial charge on any atom is -0.402 e. The second kappa shape index (κ2) is 10.9. The zero-order valence-electron chi connectivity index (χ0n) is 5.25. The maximum atomic E-state index is 7.69. The number of hydrogen-bond donors (Lipinski definition) is 2. The van der Waals surface area contributed by atoms with Gasteiger partial charge in [-0.2, -0.15) is 0 Å². The highest BCUT2D eigenvalue weighted by Crippen LogP contribution is 1.67. The summed E-state index contributed by atoms with van der Waals surface area (Å²) in [5.41, 5.74) is 0. The molecule has 0 aliphatic heterocycles. The highest BCUT2D eigenvalue weighted by molar-refractivity contribution is 6.32. The van der Waals surface area contributed by atoms with Gasteiger partial charge in [0.1, 0.15) is 0 Å². The van der Waals surface area contributed by atoms with E-state index in [1.54, 1.807) is 6.08 Å². The van der Waals surface area contributed by atoms with Crippen LogP contribution in [0.2, 0.25) is 0 Å². The minimum absolute atomic E-state index is 0.556. The summed E-state index contributed by atoms with van der Waals surface area (Å²) in [4.78, 5) is 0. The molecule has 0 unspecified atom stereocenters. The maximum Gasteiger partial charge on any atom is 0.633 e. The zero-order chi connectivity index (χ0) is 7.70. The van der Waals surface area contributed by atoms with Crippen molar-refractivity contribution in [2.45, 2.75) is 0 Å². The van der Waals surface area contributed by atoms with Gasteiger partial charge >= 0.3 is 7.32 Å². The average molecular weight is 152 g/mol. The fourth-order valence-corrected chi connectivity index (χ4v) is 0. The number of alkyl halides is 1. The molecule has 0 aliphatic carbocycles. The molecule has 0 heterocycles. The molecule has 2 N–H and O–H groups in total. The van der Waals surface area contributed by atoms with Crippen LogP contribution in [0.1, 0.15) is 0 Å². The number of halogens is 1. The summed E-state index contributed by atoms with van der Waals surface area (Å²) in [6.07, 6.45) is 1.64. The number of rotatable bonds is 2. The van der Waals surface area contributed by atoms with E-state index in [0.717, 1.165) is 0 Å². The Labute approximate surface area is 60.1 Å². The molecule has 0 aromatic carbocycles. The zero-order valence-corrected chi connectivity index (χ0v) is 6.01. The van der Waals surface area contributed by atoms with Crippen molar-refractivity contribution in [3.05, 3.63) is 12.7 Å². The minimum atomic E-state index is -1.62. The van der Waals surface area contributed by atoms with E-state index in [2.05, 4.69) is 11.2 Å². The lowest BCUT2D eigenvalue weighted by Gasteiger charge is -1.84. The predicted octanol–water partition coefficient (Wildman–Crippen LogP) is 0.0135. The van der Waals surface area contributed by atoms with E-state index in [-0.39, 0.29) is 0 Å². The van der Waals surface area contributed by atoms with Gasteiger partial charge in [0.25, 0.3) is 0 Å². The molecule has 9 heavy (non-hydrogen) atoms. The maximum absolute atomic E-state index is 7.69. The fraction of sp³-hybridized carbons (Fsp3) is 0.500. The van der Waals surface area contributed by atoms with Crippen LogP contribution in [0.15, 0.2) is 12.7 Å². The molecule has 0 aromatic heterocycles. The lowest BCUT2D eigenvalue weighted by molar-refractivity contribution is 0.229. The molecule has 0 bridgehead atoms. The Morgan fingerprint density at radius 3 is 2.00 bits per heavy atom. The van der Waals surface area contributed by atoms with Crippen LogP contribution in [0.5, 0.6) is 0 Å². The summed E-state index contributed by atoms with van der Waals surface area (Å²) < 4.78 is 3.86. The first-order valence-corrected chi connectivity index (χ1v) is 2.78. The van der Waals surface area contributed by atoms with E-state index in [1.165, 1.54) is 7.11 Å². The summed E-state index contributed by atoms with van der Waals surface area (Å²) in [7, 11) is -0.417. The molecule has 5 heteroatoms. The first-order valence-electron chi connectivity index (χ1n) is 2.24. The highest BCUT2D eigenvalue weighted by Gasteiger charge is 2.00. The van der Waals surface area contributed by atoms with Crippen LogP contribution < -0.4 is 0 Å². The summed E-state index contributed by atoms with van der Waals surface area (Å²) >= 11 is 5.07. The topological polar surface area (TPSA) is 49.7 Å². The molecule has 0 saturated carbocycles. The van der Waals surface area contributed by atoms with Crippen LogP contribution in [-0.4, -0.2) is 30.4 Å². The SMILES string of the molecule is C=CCCl.COB(O)O. The van der Waals surface area contributed by atoms with Gasteiger partial charge in [0.15, 0.2) is 0 Å². The van der Waals surface area contributed by atoms with Gasteiger partial charge in [0.2, 0.25) is 0 Å². The molecule has 0 aliphatic rings. The molecule has 0 aromatic rings. The van der Waals surface area contributed by atoms with Gasteiger partial charge in [-0.3, -0.25) is 0 Å². The Kier molecular flexibility index (Phi) is 14.2. The molecule has 0 rings (SSSR count). The highest BCUT2D eigenvalue weighted by atomic mass is 35.5. The van der Waals surface area contributed by atoms with Crippen molar-refractivity contribution in [2.24, 2.45) is 0 Å². The molecular formula is C4H10BClO3. The first kappa shape index (κ1) is 11.7. The van der Waals surface area contributed by atoms with Crippen LogP contribution in [-0.2, 0) is 4.65 Å². The van der Waals surface area contributed by atoms with E-state index in [1.807, 2.05) is 0 Å². The summed E-state index contributed by atoms with van der Waals surface area (Å²) in [6, 6.07) is 0.